The molecule has 1 aromatic carbocycles. The Morgan fingerprint density at radius 2 is 1.82 bits per heavy atom. The summed E-state index contributed by atoms with van der Waals surface area (Å²) in [5, 5.41) is 5.96. The van der Waals surface area contributed by atoms with E-state index in [-0.39, 0.29) is 24.8 Å². The van der Waals surface area contributed by atoms with Crippen molar-refractivity contribution in [3.8, 4) is 0 Å². The molecule has 0 aliphatic heterocycles. The molecule has 0 saturated heterocycles. The molecular weight excluding hydrogens is 422 g/mol. The Morgan fingerprint density at radius 3 is 2.61 bits per heavy atom. The standard InChI is InChI=1S/C25H33N3O5/c1-3-28(4-2)19-13-12-18-16-21(24(30)33-22(18)17-19)23(29)26-14-15-27-25(31)32-20-10-8-6-5-7-9-11-20/h5-6,12-13,16-17,20H,3-4,7-11,14-15H2,1-2H3,(H,26,29)(H,27,31)/b6-5+. The highest BCUT2D eigenvalue weighted by atomic mass is 16.6. The van der Waals surface area contributed by atoms with Gasteiger partial charge in [0.2, 0.25) is 0 Å². The van der Waals surface area contributed by atoms with Crippen molar-refractivity contribution in [3.05, 3.63) is 52.4 Å². The van der Waals surface area contributed by atoms with Crippen LogP contribution in [-0.4, -0.2) is 44.3 Å². The third-order valence-electron chi connectivity index (χ3n) is 5.77. The molecule has 0 spiro atoms. The van der Waals surface area contributed by atoms with E-state index in [2.05, 4.69) is 41.5 Å². The first-order valence-electron chi connectivity index (χ1n) is 11.7. The van der Waals surface area contributed by atoms with Gasteiger partial charge < -0.3 is 24.7 Å². The maximum Gasteiger partial charge on any atom is 0.407 e. The number of allylic oxidation sites excluding steroid dienone is 2. The molecule has 1 atom stereocenters. The fraction of sp³-hybridized carbons (Fsp3) is 0.480. The Hall–Kier alpha value is -3.29. The second kappa shape index (κ2) is 12.1. The van der Waals surface area contributed by atoms with Crippen molar-refractivity contribution < 1.29 is 18.7 Å². The summed E-state index contributed by atoms with van der Waals surface area (Å²) in [5.41, 5.74) is 0.641. The molecule has 1 heterocycles. The lowest BCUT2D eigenvalue weighted by Gasteiger charge is -2.21. The Labute approximate surface area is 194 Å². The first-order chi connectivity index (χ1) is 16.0. The van der Waals surface area contributed by atoms with Gasteiger partial charge in [0.25, 0.3) is 5.91 Å². The molecule has 8 heteroatoms. The number of nitrogens with zero attached hydrogens (tertiary/aromatic N) is 1. The van der Waals surface area contributed by atoms with Gasteiger partial charge in [0, 0.05) is 43.3 Å². The first-order valence-corrected chi connectivity index (χ1v) is 11.7. The van der Waals surface area contributed by atoms with Gasteiger partial charge in [0.1, 0.15) is 17.3 Å². The van der Waals surface area contributed by atoms with Gasteiger partial charge in [-0.1, -0.05) is 12.2 Å². The number of carbonyl (C=O) groups is 2. The summed E-state index contributed by atoms with van der Waals surface area (Å²) in [7, 11) is 0. The van der Waals surface area contributed by atoms with Crippen LogP contribution in [0.5, 0.6) is 0 Å². The highest BCUT2D eigenvalue weighted by Gasteiger charge is 2.16. The third-order valence-corrected chi connectivity index (χ3v) is 5.77. The monoisotopic (exact) mass is 455 g/mol. The van der Waals surface area contributed by atoms with Gasteiger partial charge in [-0.3, -0.25) is 4.79 Å². The van der Waals surface area contributed by atoms with Gasteiger partial charge >= 0.3 is 11.7 Å². The molecule has 1 aromatic heterocycles. The summed E-state index contributed by atoms with van der Waals surface area (Å²) < 4.78 is 10.9. The highest BCUT2D eigenvalue weighted by Crippen LogP contribution is 2.22. The molecular formula is C25H33N3O5. The van der Waals surface area contributed by atoms with Crippen LogP contribution in [-0.2, 0) is 4.74 Å². The second-order valence-electron chi connectivity index (χ2n) is 8.03. The van der Waals surface area contributed by atoms with Crippen molar-refractivity contribution in [2.24, 2.45) is 0 Å². The lowest BCUT2D eigenvalue weighted by Crippen LogP contribution is -2.37. The van der Waals surface area contributed by atoms with E-state index in [0.717, 1.165) is 50.9 Å². The van der Waals surface area contributed by atoms with Crippen molar-refractivity contribution in [1.82, 2.24) is 10.6 Å². The van der Waals surface area contributed by atoms with Gasteiger partial charge in [-0.25, -0.2) is 9.59 Å². The minimum atomic E-state index is -0.692. The zero-order valence-corrected chi connectivity index (χ0v) is 19.4. The summed E-state index contributed by atoms with van der Waals surface area (Å²) >= 11 is 0. The van der Waals surface area contributed by atoms with Gasteiger partial charge in [-0.05, 0) is 64.2 Å². The summed E-state index contributed by atoms with van der Waals surface area (Å²) in [5.74, 6) is -0.541. The van der Waals surface area contributed by atoms with Crippen LogP contribution >= 0.6 is 0 Å². The smallest absolute Gasteiger partial charge is 0.407 e. The third kappa shape index (κ3) is 6.84. The number of ether oxygens (including phenoxy) is 1. The fourth-order valence-corrected chi connectivity index (χ4v) is 3.92. The number of alkyl carbamates (subject to hydrolysis) is 1. The summed E-state index contributed by atoms with van der Waals surface area (Å²) in [4.78, 5) is 39.0. The Balaban J connectivity index is 1.51. The van der Waals surface area contributed by atoms with Crippen LogP contribution in [0.2, 0.25) is 0 Å². The molecule has 1 aliphatic carbocycles. The summed E-state index contributed by atoms with van der Waals surface area (Å²) in [6, 6.07) is 7.13. The lowest BCUT2D eigenvalue weighted by molar-refractivity contribution is 0.0855. The SMILES string of the molecule is CCN(CC)c1ccc2cc(C(=O)NCCNC(=O)OC3CC/C=C/CCC3)c(=O)oc2c1. The number of rotatable bonds is 8. The molecule has 0 fully saturated rings. The van der Waals surface area contributed by atoms with E-state index < -0.39 is 17.6 Å². The number of amides is 2. The quantitative estimate of drug-likeness (QED) is 0.355. The molecule has 178 valence electrons. The average molecular weight is 456 g/mol. The number of anilines is 1. The number of fused-ring (bicyclic) bond motifs is 1. The van der Waals surface area contributed by atoms with Gasteiger partial charge in [0.15, 0.2) is 0 Å². The second-order valence-corrected chi connectivity index (χ2v) is 8.03. The number of hydrogen-bond donors (Lipinski definition) is 2. The number of hydrogen-bond acceptors (Lipinski definition) is 6. The first kappa shape index (κ1) is 24.4. The van der Waals surface area contributed by atoms with Crippen LogP contribution in [0.1, 0.15) is 56.3 Å². The zero-order valence-electron chi connectivity index (χ0n) is 19.4. The van der Waals surface area contributed by atoms with Gasteiger partial charge in [0.05, 0.1) is 0 Å². The van der Waals surface area contributed by atoms with E-state index in [1.807, 2.05) is 18.2 Å². The average Bonchev–Trinajstić information content (AvgIpc) is 2.78. The largest absolute Gasteiger partial charge is 0.446 e. The van der Waals surface area contributed by atoms with Gasteiger partial charge in [-0.2, -0.15) is 0 Å². The fourth-order valence-electron chi connectivity index (χ4n) is 3.92. The molecule has 0 saturated carbocycles. The van der Waals surface area contributed by atoms with Crippen molar-refractivity contribution in [2.75, 3.05) is 31.1 Å². The molecule has 3 rings (SSSR count). The minimum Gasteiger partial charge on any atom is -0.446 e. The molecule has 2 N–H and O–H groups in total. The van der Waals surface area contributed by atoms with E-state index in [4.69, 9.17) is 9.15 Å². The Kier molecular flexibility index (Phi) is 8.92. The van der Waals surface area contributed by atoms with E-state index >= 15 is 0 Å². The number of benzene rings is 1. The molecule has 0 radical (unpaired) electrons. The van der Waals surface area contributed by atoms with Crippen molar-refractivity contribution in [1.29, 1.82) is 0 Å². The predicted octanol–water partition coefficient (Wildman–Crippen LogP) is 3.98. The highest BCUT2D eigenvalue weighted by molar-refractivity contribution is 5.97. The molecule has 1 aliphatic rings. The predicted molar refractivity (Wildman–Crippen MR) is 129 cm³/mol. The zero-order chi connectivity index (χ0) is 23.6. The topological polar surface area (TPSA) is 101 Å². The van der Waals surface area contributed by atoms with E-state index in [0.29, 0.717) is 11.0 Å². The molecule has 2 amide bonds. The maximum atomic E-state index is 12.5. The maximum absolute atomic E-state index is 12.5. The lowest BCUT2D eigenvalue weighted by atomic mass is 10.0. The summed E-state index contributed by atoms with van der Waals surface area (Å²) in [6.07, 6.45) is 8.27. The minimum absolute atomic E-state index is 0.0664. The molecule has 8 nitrogen and oxygen atoms in total. The van der Waals surface area contributed by atoms with E-state index in [1.165, 1.54) is 6.07 Å². The van der Waals surface area contributed by atoms with Crippen LogP contribution in [0.4, 0.5) is 10.5 Å². The van der Waals surface area contributed by atoms with Crippen molar-refractivity contribution in [2.45, 2.75) is 52.1 Å². The van der Waals surface area contributed by atoms with Crippen molar-refractivity contribution >= 4 is 28.7 Å². The normalized spacial score (nSPS) is 17.0. The van der Waals surface area contributed by atoms with Crippen LogP contribution in [0.3, 0.4) is 0 Å². The molecule has 0 bridgehead atoms. The number of carbonyl (C=O) groups excluding carboxylic acids is 2. The Bertz CT molecular complexity index is 1040. The van der Waals surface area contributed by atoms with Crippen molar-refractivity contribution in [3.63, 3.8) is 0 Å². The van der Waals surface area contributed by atoms with Crippen LogP contribution < -0.4 is 21.2 Å². The van der Waals surface area contributed by atoms with Gasteiger partial charge in [-0.15, -0.1) is 0 Å². The van der Waals surface area contributed by atoms with Crippen LogP contribution in [0, 0.1) is 0 Å². The number of nitrogens with one attached hydrogen (secondary N) is 2. The summed E-state index contributed by atoms with van der Waals surface area (Å²) in [6.45, 7) is 6.16. The molecule has 33 heavy (non-hydrogen) atoms. The van der Waals surface area contributed by atoms with Crippen LogP contribution in [0.15, 0.2) is 45.6 Å². The Morgan fingerprint density at radius 1 is 1.06 bits per heavy atom. The molecule has 2 aromatic rings. The van der Waals surface area contributed by atoms with E-state index in [1.54, 1.807) is 0 Å². The van der Waals surface area contributed by atoms with E-state index in [9.17, 15) is 14.4 Å². The van der Waals surface area contributed by atoms with Crippen LogP contribution in [0.25, 0.3) is 11.0 Å². The molecule has 1 unspecified atom stereocenters.